The summed E-state index contributed by atoms with van der Waals surface area (Å²) in [4.78, 5) is 4.01. The standard InChI is InChI=1S/C9H7N.CH2N4/c1-2-4-9-7-10-6-5-8(9)3-1;1-2-4-5-3-1/h1-7H;1H,(H,2,3,4,5). The van der Waals surface area contributed by atoms with Crippen molar-refractivity contribution in [3.8, 4) is 0 Å². The number of benzene rings is 1. The lowest BCUT2D eigenvalue weighted by Crippen LogP contribution is -1.71. The van der Waals surface area contributed by atoms with Gasteiger partial charge in [-0.2, -0.15) is 5.21 Å². The molecule has 0 bridgehead atoms. The highest BCUT2D eigenvalue weighted by Gasteiger charge is 1.86. The molecule has 2 heterocycles. The van der Waals surface area contributed by atoms with E-state index in [1.807, 2.05) is 30.6 Å². The van der Waals surface area contributed by atoms with Crippen molar-refractivity contribution in [1.82, 2.24) is 25.6 Å². The maximum absolute atomic E-state index is 4.01. The van der Waals surface area contributed by atoms with Crippen LogP contribution in [0.25, 0.3) is 10.8 Å². The molecule has 5 nitrogen and oxygen atoms in total. The number of pyridine rings is 1. The fraction of sp³-hybridized carbons (Fsp3) is 0. The molecule has 3 rings (SSSR count). The van der Waals surface area contributed by atoms with E-state index in [0.29, 0.717) is 0 Å². The molecule has 0 saturated heterocycles. The maximum Gasteiger partial charge on any atom is 0.161 e. The molecule has 0 aliphatic carbocycles. The highest BCUT2D eigenvalue weighted by molar-refractivity contribution is 5.80. The number of aromatic nitrogens is 5. The third-order valence-corrected chi connectivity index (χ3v) is 1.82. The van der Waals surface area contributed by atoms with Crippen LogP contribution in [0, 0.1) is 0 Å². The van der Waals surface area contributed by atoms with E-state index in [2.05, 4.69) is 37.7 Å². The number of hydrogen-bond donors (Lipinski definition) is 1. The summed E-state index contributed by atoms with van der Waals surface area (Å²) in [6.07, 6.45) is 5.01. The van der Waals surface area contributed by atoms with Gasteiger partial charge in [-0.15, -0.1) is 10.2 Å². The molecule has 0 aliphatic heterocycles. The lowest BCUT2D eigenvalue weighted by molar-refractivity contribution is 0.881. The summed E-state index contributed by atoms with van der Waals surface area (Å²) in [6, 6.07) is 10.2. The van der Waals surface area contributed by atoms with Gasteiger partial charge in [-0.3, -0.25) is 4.98 Å². The Morgan fingerprint density at radius 1 is 1.00 bits per heavy atom. The van der Waals surface area contributed by atoms with Gasteiger partial charge in [0.2, 0.25) is 0 Å². The van der Waals surface area contributed by atoms with E-state index in [4.69, 9.17) is 0 Å². The molecule has 1 aromatic carbocycles. The van der Waals surface area contributed by atoms with Gasteiger partial charge < -0.3 is 0 Å². The zero-order chi connectivity index (χ0) is 10.3. The van der Waals surface area contributed by atoms with E-state index in [-0.39, 0.29) is 0 Å². The number of aromatic amines is 1. The van der Waals surface area contributed by atoms with Gasteiger partial charge in [-0.25, -0.2) is 0 Å². The highest BCUT2D eigenvalue weighted by atomic mass is 15.5. The molecule has 0 saturated carbocycles. The van der Waals surface area contributed by atoms with Crippen LogP contribution in [-0.4, -0.2) is 25.6 Å². The van der Waals surface area contributed by atoms with Crippen LogP contribution < -0.4 is 0 Å². The first-order valence-electron chi connectivity index (χ1n) is 4.42. The summed E-state index contributed by atoms with van der Waals surface area (Å²) in [5, 5.41) is 14.6. The van der Waals surface area contributed by atoms with Crippen LogP contribution >= 0.6 is 0 Å². The molecule has 0 radical (unpaired) electrons. The topological polar surface area (TPSA) is 67.3 Å². The maximum atomic E-state index is 4.01. The number of fused-ring (bicyclic) bond motifs is 1. The van der Waals surface area contributed by atoms with Gasteiger partial charge in [0.05, 0.1) is 0 Å². The van der Waals surface area contributed by atoms with Crippen molar-refractivity contribution in [1.29, 1.82) is 0 Å². The number of tetrazole rings is 1. The molecular weight excluding hydrogens is 190 g/mol. The van der Waals surface area contributed by atoms with Gasteiger partial charge in [0.1, 0.15) is 0 Å². The lowest BCUT2D eigenvalue weighted by Gasteiger charge is -1.91. The molecule has 15 heavy (non-hydrogen) atoms. The van der Waals surface area contributed by atoms with Crippen molar-refractivity contribution in [3.63, 3.8) is 0 Å². The van der Waals surface area contributed by atoms with Gasteiger partial charge >= 0.3 is 0 Å². The Balaban J connectivity index is 0.000000144. The minimum atomic E-state index is 1.20. The van der Waals surface area contributed by atoms with Crippen LogP contribution in [0.5, 0.6) is 0 Å². The van der Waals surface area contributed by atoms with Crippen LogP contribution in [0.2, 0.25) is 0 Å². The zero-order valence-electron chi connectivity index (χ0n) is 7.91. The quantitative estimate of drug-likeness (QED) is 0.594. The Bertz CT molecular complexity index is 423. The van der Waals surface area contributed by atoms with Crippen LogP contribution in [0.3, 0.4) is 0 Å². The van der Waals surface area contributed by atoms with Crippen LogP contribution in [0.1, 0.15) is 0 Å². The lowest BCUT2D eigenvalue weighted by atomic mass is 10.2. The average Bonchev–Trinajstić information content (AvgIpc) is 2.88. The Morgan fingerprint density at radius 3 is 2.47 bits per heavy atom. The normalized spacial score (nSPS) is 9.33. The number of rotatable bonds is 0. The van der Waals surface area contributed by atoms with Crippen molar-refractivity contribution in [2.75, 3.05) is 0 Å². The van der Waals surface area contributed by atoms with E-state index >= 15 is 0 Å². The minimum absolute atomic E-state index is 1.20. The molecular formula is C10H9N5. The van der Waals surface area contributed by atoms with E-state index in [0.717, 1.165) is 0 Å². The highest BCUT2D eigenvalue weighted by Crippen LogP contribution is 2.09. The molecule has 0 amide bonds. The fourth-order valence-electron chi connectivity index (χ4n) is 1.16. The molecule has 0 fully saturated rings. The summed E-state index contributed by atoms with van der Waals surface area (Å²) in [7, 11) is 0. The zero-order valence-corrected chi connectivity index (χ0v) is 7.91. The Hall–Kier alpha value is -2.30. The second kappa shape index (κ2) is 4.80. The van der Waals surface area contributed by atoms with Crippen molar-refractivity contribution < 1.29 is 0 Å². The Kier molecular flexibility index (Phi) is 2.97. The molecule has 5 heteroatoms. The van der Waals surface area contributed by atoms with E-state index in [9.17, 15) is 0 Å². The Labute approximate surface area is 86.2 Å². The van der Waals surface area contributed by atoms with Gasteiger partial charge in [0, 0.05) is 12.4 Å². The van der Waals surface area contributed by atoms with Gasteiger partial charge in [-0.05, 0) is 16.8 Å². The fourth-order valence-corrected chi connectivity index (χ4v) is 1.16. The molecule has 2 aromatic heterocycles. The molecule has 3 aromatic rings. The largest absolute Gasteiger partial charge is 0.264 e. The van der Waals surface area contributed by atoms with Gasteiger partial charge in [-0.1, -0.05) is 29.5 Å². The number of nitrogens with zero attached hydrogens (tertiary/aromatic N) is 4. The number of hydrogen-bond acceptors (Lipinski definition) is 4. The predicted molar refractivity (Wildman–Crippen MR) is 55.9 cm³/mol. The van der Waals surface area contributed by atoms with E-state index < -0.39 is 0 Å². The van der Waals surface area contributed by atoms with E-state index in [1.165, 1.54) is 17.1 Å². The van der Waals surface area contributed by atoms with Gasteiger partial charge in [0.25, 0.3) is 0 Å². The molecule has 1 N–H and O–H groups in total. The second-order valence-electron chi connectivity index (χ2n) is 2.78. The predicted octanol–water partition coefficient (Wildman–Crippen LogP) is 1.43. The summed E-state index contributed by atoms with van der Waals surface area (Å²) in [5.41, 5.74) is 0. The van der Waals surface area contributed by atoms with Crippen LogP contribution in [-0.2, 0) is 0 Å². The number of nitrogens with one attached hydrogen (secondary N) is 1. The summed E-state index contributed by atoms with van der Waals surface area (Å²) in [5.74, 6) is 0. The minimum Gasteiger partial charge on any atom is -0.264 e. The van der Waals surface area contributed by atoms with Crippen LogP contribution in [0.15, 0.2) is 49.1 Å². The summed E-state index contributed by atoms with van der Waals surface area (Å²) < 4.78 is 0. The van der Waals surface area contributed by atoms with Crippen molar-refractivity contribution in [3.05, 3.63) is 49.1 Å². The molecule has 0 aliphatic rings. The molecule has 0 spiro atoms. The SMILES string of the molecule is c1ccc2cnccc2c1.c1nn[nH]n1. The first kappa shape index (κ1) is 9.26. The van der Waals surface area contributed by atoms with Gasteiger partial charge in [0.15, 0.2) is 6.33 Å². The number of H-pyrrole nitrogens is 1. The molecule has 74 valence electrons. The summed E-state index contributed by atoms with van der Waals surface area (Å²) in [6.45, 7) is 0. The van der Waals surface area contributed by atoms with Crippen molar-refractivity contribution in [2.24, 2.45) is 0 Å². The van der Waals surface area contributed by atoms with Crippen molar-refractivity contribution in [2.45, 2.75) is 0 Å². The third kappa shape index (κ3) is 2.57. The van der Waals surface area contributed by atoms with E-state index in [1.54, 1.807) is 0 Å². The monoisotopic (exact) mass is 199 g/mol. The average molecular weight is 199 g/mol. The first-order valence-corrected chi connectivity index (χ1v) is 4.42. The van der Waals surface area contributed by atoms with Crippen LogP contribution in [0.4, 0.5) is 0 Å². The summed E-state index contributed by atoms with van der Waals surface area (Å²) >= 11 is 0. The first-order chi connectivity index (χ1) is 7.47. The molecule has 0 atom stereocenters. The van der Waals surface area contributed by atoms with Crippen molar-refractivity contribution >= 4 is 10.8 Å². The smallest absolute Gasteiger partial charge is 0.161 e. The Morgan fingerprint density at radius 2 is 1.87 bits per heavy atom. The third-order valence-electron chi connectivity index (χ3n) is 1.82. The molecule has 0 unspecified atom stereocenters. The second-order valence-corrected chi connectivity index (χ2v) is 2.78.